The van der Waals surface area contributed by atoms with E-state index < -0.39 is 22.3 Å². The van der Waals surface area contributed by atoms with Crippen molar-refractivity contribution in [3.63, 3.8) is 0 Å². The molecule has 0 unspecified atom stereocenters. The Morgan fingerprint density at radius 3 is 1.52 bits per heavy atom. The maximum absolute atomic E-state index is 2.80. The van der Waals surface area contributed by atoms with Gasteiger partial charge in [0.25, 0.3) is 0 Å². The Morgan fingerprint density at radius 1 is 0.354 bits per heavy atom. The number of rotatable bonds is 6. The van der Waals surface area contributed by atoms with E-state index in [1.165, 1.54) is 85.2 Å². The highest BCUT2D eigenvalue weighted by Crippen LogP contribution is 2.57. The molecule has 1 nitrogen and oxygen atoms in total. The SMILES string of the molecule is c1ccc(N(c2ccc3c(c2)[Si](c2ccccc2)c2ccccc2[Si]32c3ccccc3Sc3ccccc32)c2ccc3c(c2)C(c2ccccc2)(c2ccccc2)c2ccccc2-3)cc1. The van der Waals surface area contributed by atoms with Crippen LogP contribution in [0, 0.1) is 0 Å². The molecule has 0 saturated heterocycles. The smallest absolute Gasteiger partial charge is 0.181 e. The maximum Gasteiger partial charge on any atom is 0.181 e. The molecule has 0 atom stereocenters. The van der Waals surface area contributed by atoms with Gasteiger partial charge in [-0.1, -0.05) is 228 Å². The fourth-order valence-corrected chi connectivity index (χ4v) is 23.3. The Bertz CT molecular complexity index is 3340. The van der Waals surface area contributed by atoms with Crippen LogP contribution in [0.1, 0.15) is 22.3 Å². The quantitative estimate of drug-likeness (QED) is 0.153. The van der Waals surface area contributed by atoms with Crippen LogP contribution in [0.4, 0.5) is 17.1 Å². The Kier molecular flexibility index (Phi) is 8.95. The molecular weight excluding hydrogens is 835 g/mol. The van der Waals surface area contributed by atoms with Crippen molar-refractivity contribution >= 4 is 82.0 Å². The second-order valence-corrected chi connectivity index (χ2v) is 24.4. The van der Waals surface area contributed by atoms with Gasteiger partial charge in [0.05, 0.1) is 5.41 Å². The lowest BCUT2D eigenvalue weighted by molar-refractivity contribution is 0.768. The molecule has 0 N–H and O–H groups in total. The standard InChI is InChI=1S/C61H42NSSi2/c1-5-21-43(22-6-1)61(44-23-7-2-8-24-44)51-30-14-13-29-49(51)50-39-37-46(41-52(50)61)62(45-25-9-3-10-26-45)47-38-40-60-56(42-47)64(48-27-11-4-12-28-48)55-33-17-20-36-59(55)65(60)57-34-18-15-31-53(57)63-54-32-16-19-35-58(54)65/h1-42H. The van der Waals surface area contributed by atoms with Crippen LogP contribution in [-0.4, -0.2) is 16.9 Å². The molecule has 0 bridgehead atoms. The molecule has 305 valence electrons. The highest BCUT2D eigenvalue weighted by Gasteiger charge is 2.53. The van der Waals surface area contributed by atoms with Crippen molar-refractivity contribution in [2.24, 2.45) is 0 Å². The molecule has 13 rings (SSSR count). The van der Waals surface area contributed by atoms with Gasteiger partial charge in [-0.15, -0.1) is 0 Å². The van der Waals surface area contributed by atoms with E-state index in [1.807, 2.05) is 11.8 Å². The molecule has 1 aliphatic carbocycles. The Hall–Kier alpha value is -7.22. The van der Waals surface area contributed by atoms with Crippen molar-refractivity contribution in [1.82, 2.24) is 0 Å². The summed E-state index contributed by atoms with van der Waals surface area (Å²) in [4.78, 5) is 5.27. The zero-order chi connectivity index (χ0) is 43.0. The van der Waals surface area contributed by atoms with E-state index in [0.29, 0.717) is 0 Å². The number of nitrogens with zero attached hydrogens (tertiary/aromatic N) is 1. The van der Waals surface area contributed by atoms with Gasteiger partial charge in [-0.3, -0.25) is 0 Å². The van der Waals surface area contributed by atoms with E-state index in [4.69, 9.17) is 0 Å². The summed E-state index contributed by atoms with van der Waals surface area (Å²) in [7, 11) is -4.27. The third-order valence-electron chi connectivity index (χ3n) is 14.1. The van der Waals surface area contributed by atoms with Crippen LogP contribution in [-0.2, 0) is 5.41 Å². The average Bonchev–Trinajstić information content (AvgIpc) is 3.68. The fraction of sp³-hybridized carbons (Fsp3) is 0.0164. The highest BCUT2D eigenvalue weighted by molar-refractivity contribution is 8.00. The lowest BCUT2D eigenvalue weighted by atomic mass is 9.67. The second-order valence-electron chi connectivity index (χ2n) is 17.3. The van der Waals surface area contributed by atoms with Gasteiger partial charge in [-0.25, -0.2) is 0 Å². The molecule has 10 aromatic rings. The summed E-state index contributed by atoms with van der Waals surface area (Å²) >= 11 is 1.94. The Balaban J connectivity index is 1.10. The predicted molar refractivity (Wildman–Crippen MR) is 277 cm³/mol. The molecule has 4 heteroatoms. The van der Waals surface area contributed by atoms with Gasteiger partial charge in [-0.05, 0) is 108 Å². The lowest BCUT2D eigenvalue weighted by Gasteiger charge is -2.46. The summed E-state index contributed by atoms with van der Waals surface area (Å²) in [6, 6.07) is 96.7. The zero-order valence-corrected chi connectivity index (χ0v) is 38.4. The first-order valence-corrected chi connectivity index (χ1v) is 26.8. The molecule has 2 heterocycles. The number of hydrogen-bond acceptors (Lipinski definition) is 2. The summed E-state index contributed by atoms with van der Waals surface area (Å²) in [5, 5.41) is 10.4. The van der Waals surface area contributed by atoms with Crippen LogP contribution in [0.2, 0.25) is 0 Å². The van der Waals surface area contributed by atoms with E-state index in [2.05, 4.69) is 260 Å². The largest absolute Gasteiger partial charge is 0.310 e. The molecule has 1 spiro atoms. The van der Waals surface area contributed by atoms with Crippen molar-refractivity contribution in [3.05, 3.63) is 277 Å². The average molecular weight is 877 g/mol. The van der Waals surface area contributed by atoms with Gasteiger partial charge in [0.2, 0.25) is 0 Å². The second kappa shape index (κ2) is 15.2. The minimum Gasteiger partial charge on any atom is -0.310 e. The van der Waals surface area contributed by atoms with Crippen LogP contribution in [0.5, 0.6) is 0 Å². The molecule has 3 aliphatic rings. The van der Waals surface area contributed by atoms with Gasteiger partial charge >= 0.3 is 0 Å². The number of hydrogen-bond donors (Lipinski definition) is 0. The van der Waals surface area contributed by atoms with Crippen molar-refractivity contribution < 1.29 is 0 Å². The summed E-state index contributed by atoms with van der Waals surface area (Å²) in [5.74, 6) is 0. The minimum absolute atomic E-state index is 0.506. The number of anilines is 3. The Labute approximate surface area is 388 Å². The van der Waals surface area contributed by atoms with Gasteiger partial charge in [0, 0.05) is 26.9 Å². The van der Waals surface area contributed by atoms with Crippen molar-refractivity contribution in [2.45, 2.75) is 15.2 Å². The first-order chi connectivity index (χ1) is 32.3. The topological polar surface area (TPSA) is 3.24 Å². The molecule has 2 aliphatic heterocycles. The monoisotopic (exact) mass is 876 g/mol. The number of fused-ring (bicyclic) bond motifs is 11. The summed E-state index contributed by atoms with van der Waals surface area (Å²) in [5.41, 5.74) is 10.7. The summed E-state index contributed by atoms with van der Waals surface area (Å²) in [6.45, 7) is 0. The van der Waals surface area contributed by atoms with E-state index in [9.17, 15) is 0 Å². The third-order valence-corrected chi connectivity index (χ3v) is 23.9. The Morgan fingerprint density at radius 2 is 0.846 bits per heavy atom. The highest BCUT2D eigenvalue weighted by atomic mass is 32.2. The first kappa shape index (κ1) is 38.3. The molecular formula is C61H42NSSi2. The van der Waals surface area contributed by atoms with Crippen LogP contribution < -0.4 is 41.2 Å². The van der Waals surface area contributed by atoms with Gasteiger partial charge < -0.3 is 4.90 Å². The first-order valence-electron chi connectivity index (χ1n) is 22.5. The molecule has 0 saturated carbocycles. The van der Waals surface area contributed by atoms with Gasteiger partial charge in [-0.2, -0.15) is 0 Å². The molecule has 10 aromatic carbocycles. The van der Waals surface area contributed by atoms with Gasteiger partial charge in [0.15, 0.2) is 16.9 Å². The van der Waals surface area contributed by atoms with E-state index in [1.54, 1.807) is 0 Å². The molecule has 0 amide bonds. The van der Waals surface area contributed by atoms with Crippen LogP contribution >= 0.6 is 11.8 Å². The van der Waals surface area contributed by atoms with Crippen molar-refractivity contribution in [3.8, 4) is 11.1 Å². The van der Waals surface area contributed by atoms with Crippen LogP contribution in [0.3, 0.4) is 0 Å². The summed E-state index contributed by atoms with van der Waals surface area (Å²) < 4.78 is 0. The molecule has 0 aromatic heterocycles. The van der Waals surface area contributed by atoms with Crippen molar-refractivity contribution in [1.29, 1.82) is 0 Å². The van der Waals surface area contributed by atoms with E-state index in [0.717, 1.165) is 11.4 Å². The van der Waals surface area contributed by atoms with Gasteiger partial charge in [0.1, 0.15) is 0 Å². The number of para-hydroxylation sites is 1. The number of benzene rings is 10. The predicted octanol–water partition coefficient (Wildman–Crippen LogP) is 10.2. The van der Waals surface area contributed by atoms with Crippen LogP contribution in [0.25, 0.3) is 11.1 Å². The lowest BCUT2D eigenvalue weighted by Crippen LogP contribution is -2.87. The van der Waals surface area contributed by atoms with E-state index in [-0.39, 0.29) is 0 Å². The normalized spacial score (nSPS) is 14.6. The van der Waals surface area contributed by atoms with E-state index >= 15 is 0 Å². The maximum atomic E-state index is 2.60. The molecule has 0 fully saturated rings. The third kappa shape index (κ3) is 5.58. The fourth-order valence-electron chi connectivity index (χ4n) is 11.6. The molecule has 1 radical (unpaired) electrons. The summed E-state index contributed by atoms with van der Waals surface area (Å²) in [6.07, 6.45) is 0. The van der Waals surface area contributed by atoms with Crippen molar-refractivity contribution in [2.75, 3.05) is 4.90 Å². The minimum atomic E-state index is -2.80. The molecule has 65 heavy (non-hydrogen) atoms. The van der Waals surface area contributed by atoms with Crippen LogP contribution in [0.15, 0.2) is 265 Å². The zero-order valence-electron chi connectivity index (χ0n) is 35.6.